The third-order valence-corrected chi connectivity index (χ3v) is 6.54. The van der Waals surface area contributed by atoms with Crippen molar-refractivity contribution in [2.45, 2.75) is 38.3 Å². The van der Waals surface area contributed by atoms with Crippen LogP contribution >= 0.6 is 11.6 Å². The summed E-state index contributed by atoms with van der Waals surface area (Å²) in [5, 5.41) is 12.2. The first kappa shape index (κ1) is 22.5. The monoisotopic (exact) mass is 493 g/mol. The number of halogens is 2. The van der Waals surface area contributed by atoms with Crippen LogP contribution < -0.4 is 26.2 Å². The Morgan fingerprint density at radius 1 is 1.35 bits per heavy atom. The molecule has 0 amide bonds. The summed E-state index contributed by atoms with van der Waals surface area (Å²) >= 11 is 6.78. The number of aromatic nitrogens is 1. The van der Waals surface area contributed by atoms with Crippen molar-refractivity contribution in [1.82, 2.24) is 9.88 Å². The SMILES string of the molecule is Cc1oc(=O)oc1CC1CNCCN1c1c(F)cc2c(=O)c(OC(=O)O)cn(C3CC3)c2c1Cl. The lowest BCUT2D eigenvalue weighted by Crippen LogP contribution is -2.53. The lowest BCUT2D eigenvalue weighted by Gasteiger charge is -2.38. The molecule has 1 aliphatic heterocycles. The highest BCUT2D eigenvalue weighted by molar-refractivity contribution is 6.38. The van der Waals surface area contributed by atoms with E-state index in [1.807, 2.05) is 0 Å². The molecule has 10 nitrogen and oxygen atoms in total. The zero-order chi connectivity index (χ0) is 24.1. The Morgan fingerprint density at radius 3 is 2.76 bits per heavy atom. The van der Waals surface area contributed by atoms with Crippen LogP contribution in [-0.4, -0.2) is 41.5 Å². The number of carboxylic acid groups (broad SMARTS) is 1. The average molecular weight is 494 g/mol. The molecule has 1 aromatic carbocycles. The van der Waals surface area contributed by atoms with Crippen LogP contribution in [0.4, 0.5) is 14.9 Å². The van der Waals surface area contributed by atoms with Gasteiger partial charge in [0.2, 0.25) is 5.43 Å². The molecule has 1 saturated heterocycles. The quantitative estimate of drug-likeness (QED) is 0.515. The largest absolute Gasteiger partial charge is 0.519 e. The summed E-state index contributed by atoms with van der Waals surface area (Å²) in [7, 11) is 0. The number of ether oxygens (including phenoxy) is 1. The molecule has 2 aromatic heterocycles. The van der Waals surface area contributed by atoms with Gasteiger partial charge in [-0.15, -0.1) is 0 Å². The second-order valence-corrected chi connectivity index (χ2v) is 8.81. The molecular formula is C22H21ClFN3O7. The summed E-state index contributed by atoms with van der Waals surface area (Å²) in [6.45, 7) is 3.08. The lowest BCUT2D eigenvalue weighted by molar-refractivity contribution is 0.143. The fraction of sp³-hybridized carbons (Fsp3) is 0.409. The molecule has 3 heterocycles. The fourth-order valence-electron chi connectivity index (χ4n) is 4.49. The Kier molecular flexibility index (Phi) is 5.61. The average Bonchev–Trinajstić information content (AvgIpc) is 3.56. The predicted molar refractivity (Wildman–Crippen MR) is 120 cm³/mol. The molecule has 5 rings (SSSR count). The van der Waals surface area contributed by atoms with Crippen molar-refractivity contribution in [2.24, 2.45) is 0 Å². The Bertz CT molecular complexity index is 1410. The van der Waals surface area contributed by atoms with Crippen molar-refractivity contribution >= 4 is 34.3 Å². The van der Waals surface area contributed by atoms with Gasteiger partial charge in [-0.05, 0) is 25.8 Å². The molecule has 3 aromatic rings. The van der Waals surface area contributed by atoms with Crippen LogP contribution in [0, 0.1) is 12.7 Å². The predicted octanol–water partition coefficient (Wildman–Crippen LogP) is 3.06. The maximum Gasteiger partial charge on any atom is 0.519 e. The van der Waals surface area contributed by atoms with Gasteiger partial charge >= 0.3 is 12.0 Å². The number of fused-ring (bicyclic) bond motifs is 1. The molecule has 0 radical (unpaired) electrons. The maximum absolute atomic E-state index is 15.5. The van der Waals surface area contributed by atoms with Gasteiger partial charge in [-0.25, -0.2) is 14.0 Å². The molecule has 180 valence electrons. The van der Waals surface area contributed by atoms with Crippen molar-refractivity contribution in [3.63, 3.8) is 0 Å². The number of anilines is 1. The highest BCUT2D eigenvalue weighted by Gasteiger charge is 2.33. The number of piperazine rings is 1. The van der Waals surface area contributed by atoms with Gasteiger partial charge in [0, 0.05) is 38.1 Å². The number of rotatable bonds is 5. The van der Waals surface area contributed by atoms with Crippen LogP contribution in [0.1, 0.15) is 30.4 Å². The van der Waals surface area contributed by atoms with E-state index in [0.717, 1.165) is 18.9 Å². The molecule has 12 heteroatoms. The number of hydrogen-bond donors (Lipinski definition) is 2. The van der Waals surface area contributed by atoms with Gasteiger partial charge in [-0.2, -0.15) is 0 Å². The standard InChI is InChI=1S/C22H21ClFN3O7/c1-10-15(34-22(31)32-10)6-12-8-25-4-5-26(12)19-14(24)7-13-18(17(19)23)27(11-2-3-11)9-16(20(13)28)33-21(29)30/h7,9,11-12,25H,2-6,8H2,1H3,(H,29,30). The number of benzene rings is 1. The number of pyridine rings is 1. The number of nitrogens with zero attached hydrogens (tertiary/aromatic N) is 2. The van der Waals surface area contributed by atoms with E-state index in [1.54, 1.807) is 16.4 Å². The first-order valence-corrected chi connectivity index (χ1v) is 11.2. The van der Waals surface area contributed by atoms with Gasteiger partial charge in [0.25, 0.3) is 0 Å². The van der Waals surface area contributed by atoms with Crippen molar-refractivity contribution in [3.8, 4) is 5.75 Å². The molecule has 1 aliphatic carbocycles. The summed E-state index contributed by atoms with van der Waals surface area (Å²) in [6, 6.07) is 0.763. The molecule has 34 heavy (non-hydrogen) atoms. The van der Waals surface area contributed by atoms with E-state index in [1.165, 1.54) is 6.20 Å². The summed E-state index contributed by atoms with van der Waals surface area (Å²) < 4.78 is 32.0. The zero-order valence-electron chi connectivity index (χ0n) is 18.1. The van der Waals surface area contributed by atoms with E-state index in [2.05, 4.69) is 10.1 Å². The highest BCUT2D eigenvalue weighted by atomic mass is 35.5. The molecule has 1 unspecified atom stereocenters. The minimum atomic E-state index is -1.63. The van der Waals surface area contributed by atoms with Crippen LogP contribution in [0.5, 0.6) is 5.75 Å². The number of aryl methyl sites for hydroxylation is 1. The van der Waals surface area contributed by atoms with E-state index < -0.39 is 29.0 Å². The van der Waals surface area contributed by atoms with E-state index in [-0.39, 0.29) is 34.6 Å². The van der Waals surface area contributed by atoms with Crippen LogP contribution in [0.25, 0.3) is 10.9 Å². The van der Waals surface area contributed by atoms with Crippen molar-refractivity contribution < 1.29 is 27.9 Å². The summed E-state index contributed by atoms with van der Waals surface area (Å²) in [5.74, 6) is -1.20. The first-order valence-electron chi connectivity index (χ1n) is 10.8. The van der Waals surface area contributed by atoms with E-state index >= 15 is 4.39 Å². The van der Waals surface area contributed by atoms with E-state index in [4.69, 9.17) is 25.5 Å². The summed E-state index contributed by atoms with van der Waals surface area (Å²) in [6.07, 6.45) is 1.58. The van der Waals surface area contributed by atoms with Gasteiger partial charge < -0.3 is 33.5 Å². The molecule has 2 fully saturated rings. The third-order valence-electron chi connectivity index (χ3n) is 6.18. The van der Waals surface area contributed by atoms with Gasteiger partial charge in [0.15, 0.2) is 11.5 Å². The normalized spacial score (nSPS) is 18.4. The fourth-order valence-corrected chi connectivity index (χ4v) is 4.89. The molecular weight excluding hydrogens is 473 g/mol. The molecule has 2 aliphatic rings. The smallest absolute Gasteiger partial charge is 0.449 e. The van der Waals surface area contributed by atoms with Gasteiger partial charge in [0.1, 0.15) is 11.6 Å². The second kappa shape index (κ2) is 8.48. The third kappa shape index (κ3) is 3.94. The maximum atomic E-state index is 15.5. The number of nitrogens with one attached hydrogen (secondary N) is 1. The van der Waals surface area contributed by atoms with E-state index in [9.17, 15) is 14.4 Å². The lowest BCUT2D eigenvalue weighted by atomic mass is 10.0. The van der Waals surface area contributed by atoms with E-state index in [0.29, 0.717) is 36.7 Å². The Morgan fingerprint density at radius 2 is 2.12 bits per heavy atom. The highest BCUT2D eigenvalue weighted by Crippen LogP contribution is 2.43. The van der Waals surface area contributed by atoms with Crippen molar-refractivity contribution in [1.29, 1.82) is 0 Å². The Hall–Kier alpha value is -3.31. The zero-order valence-corrected chi connectivity index (χ0v) is 18.9. The van der Waals surface area contributed by atoms with Crippen LogP contribution in [0.3, 0.4) is 0 Å². The van der Waals surface area contributed by atoms with Gasteiger partial charge in [-0.3, -0.25) is 4.79 Å². The van der Waals surface area contributed by atoms with Crippen LogP contribution in [-0.2, 0) is 6.42 Å². The number of hydrogen-bond acceptors (Lipinski definition) is 8. The first-order chi connectivity index (χ1) is 16.2. The molecule has 0 spiro atoms. The topological polar surface area (TPSA) is 127 Å². The molecule has 0 bridgehead atoms. The Labute approximate surface area is 196 Å². The van der Waals surface area contributed by atoms with Crippen LogP contribution in [0.15, 0.2) is 30.7 Å². The molecule has 1 atom stereocenters. The minimum absolute atomic E-state index is 0.00303. The van der Waals surface area contributed by atoms with Gasteiger partial charge in [0.05, 0.1) is 27.8 Å². The number of carbonyl (C=O) groups is 1. The van der Waals surface area contributed by atoms with Gasteiger partial charge in [-0.1, -0.05) is 11.6 Å². The summed E-state index contributed by atoms with van der Waals surface area (Å²) in [4.78, 5) is 37.2. The molecule has 2 N–H and O–H groups in total. The summed E-state index contributed by atoms with van der Waals surface area (Å²) in [5.41, 5.74) is -0.300. The Balaban J connectivity index is 1.65. The van der Waals surface area contributed by atoms with Crippen LogP contribution in [0.2, 0.25) is 5.02 Å². The minimum Gasteiger partial charge on any atom is -0.449 e. The van der Waals surface area contributed by atoms with Crippen molar-refractivity contribution in [3.05, 3.63) is 55.5 Å². The van der Waals surface area contributed by atoms with Crippen molar-refractivity contribution in [2.75, 3.05) is 24.5 Å². The molecule has 1 saturated carbocycles. The second-order valence-electron chi connectivity index (χ2n) is 8.43.